The largest absolute Gasteiger partial charge is 0.465 e. The van der Waals surface area contributed by atoms with Crippen LogP contribution >= 0.6 is 17.0 Å². The number of carbonyl (C=O) groups is 1. The van der Waals surface area contributed by atoms with E-state index in [0.717, 1.165) is 24.4 Å². The highest BCUT2D eigenvalue weighted by atomic mass is 79.9. The fourth-order valence-electron chi connectivity index (χ4n) is 5.52. The van der Waals surface area contributed by atoms with Crippen molar-refractivity contribution in [2.75, 3.05) is 26.2 Å². The minimum atomic E-state index is -0.821. The van der Waals surface area contributed by atoms with Gasteiger partial charge in [-0.2, -0.15) is 0 Å². The first-order chi connectivity index (χ1) is 13.2. The van der Waals surface area contributed by atoms with E-state index >= 15 is 0 Å². The molecule has 3 fully saturated rings. The molecule has 5 heteroatoms. The van der Waals surface area contributed by atoms with Crippen LogP contribution in [0.1, 0.15) is 47.1 Å². The van der Waals surface area contributed by atoms with E-state index in [1.54, 1.807) is 4.90 Å². The van der Waals surface area contributed by atoms with Gasteiger partial charge in [-0.1, -0.05) is 48.5 Å². The number of benzene rings is 2. The Labute approximate surface area is 176 Å². The average molecular weight is 443 g/mol. The van der Waals surface area contributed by atoms with Crippen LogP contribution in [0.5, 0.6) is 0 Å². The summed E-state index contributed by atoms with van der Waals surface area (Å²) < 4.78 is 0. The van der Waals surface area contributed by atoms with Gasteiger partial charge in [0.05, 0.1) is 6.04 Å². The van der Waals surface area contributed by atoms with Gasteiger partial charge in [0.15, 0.2) is 0 Å². The smallest absolute Gasteiger partial charge is 0.408 e. The Morgan fingerprint density at radius 2 is 1.54 bits per heavy atom. The van der Waals surface area contributed by atoms with Crippen LogP contribution in [0, 0.1) is 5.92 Å². The van der Waals surface area contributed by atoms with Crippen molar-refractivity contribution in [2.45, 2.75) is 31.2 Å². The molecule has 0 aromatic heterocycles. The maximum Gasteiger partial charge on any atom is 0.408 e. The van der Waals surface area contributed by atoms with Crippen LogP contribution in [0.25, 0.3) is 0 Å². The number of nitrogens with zero attached hydrogens (tertiary/aromatic N) is 2. The lowest BCUT2D eigenvalue weighted by Crippen LogP contribution is -2.47. The third-order valence-corrected chi connectivity index (χ3v) is 6.88. The van der Waals surface area contributed by atoms with Gasteiger partial charge >= 0.3 is 6.09 Å². The maximum atomic E-state index is 12.1. The van der Waals surface area contributed by atoms with Crippen LogP contribution in [0.2, 0.25) is 0 Å². The van der Waals surface area contributed by atoms with Crippen LogP contribution in [-0.2, 0) is 6.42 Å². The molecule has 6 rings (SSSR count). The van der Waals surface area contributed by atoms with Gasteiger partial charge in [0.1, 0.15) is 0 Å². The van der Waals surface area contributed by atoms with E-state index < -0.39 is 6.09 Å². The normalized spacial score (nSPS) is 28.4. The van der Waals surface area contributed by atoms with Crippen molar-refractivity contribution in [1.29, 1.82) is 0 Å². The molecule has 4 nitrogen and oxygen atoms in total. The molecule has 3 saturated heterocycles. The van der Waals surface area contributed by atoms with Gasteiger partial charge in [0, 0.05) is 13.1 Å². The molecule has 1 unspecified atom stereocenters. The summed E-state index contributed by atoms with van der Waals surface area (Å²) in [6.07, 6.45) is 2.51. The Hall–Kier alpha value is -1.85. The fraction of sp³-hybridized carbons (Fsp3) is 0.435. The van der Waals surface area contributed by atoms with Crippen molar-refractivity contribution < 1.29 is 9.90 Å². The van der Waals surface area contributed by atoms with Gasteiger partial charge in [-0.05, 0) is 66.4 Å². The molecule has 2 atom stereocenters. The lowest BCUT2D eigenvalue weighted by atomic mass is 9.72. The minimum Gasteiger partial charge on any atom is -0.465 e. The zero-order chi connectivity index (χ0) is 18.4. The Bertz CT molecular complexity index is 863. The van der Waals surface area contributed by atoms with E-state index in [4.69, 9.17) is 0 Å². The Morgan fingerprint density at radius 3 is 2.18 bits per heavy atom. The van der Waals surface area contributed by atoms with E-state index in [-0.39, 0.29) is 23.0 Å². The Kier molecular flexibility index (Phi) is 5.48. The van der Waals surface area contributed by atoms with Gasteiger partial charge in [-0.15, -0.1) is 17.0 Å². The standard InChI is InChI=1S/C23H26N2O2.BrH/c26-23(27)25-14-11-16-5-1-2-6-18(16)22(25)20-8-4-3-7-19(20)21-15-24-12-9-17(21)10-13-24;/h1-8,17,21-22H,9-15H2,(H,26,27);1H/t21?,22-;/m1./s1. The maximum absolute atomic E-state index is 12.1. The second kappa shape index (κ2) is 7.88. The lowest BCUT2D eigenvalue weighted by Gasteiger charge is -2.46. The van der Waals surface area contributed by atoms with E-state index in [9.17, 15) is 9.90 Å². The first-order valence-electron chi connectivity index (χ1n) is 10.1. The summed E-state index contributed by atoms with van der Waals surface area (Å²) in [6.45, 7) is 4.11. The highest BCUT2D eigenvalue weighted by molar-refractivity contribution is 8.93. The van der Waals surface area contributed by atoms with Gasteiger partial charge in [-0.3, -0.25) is 4.90 Å². The molecule has 0 aliphatic carbocycles. The summed E-state index contributed by atoms with van der Waals surface area (Å²) in [6, 6.07) is 16.8. The molecule has 0 spiro atoms. The summed E-state index contributed by atoms with van der Waals surface area (Å²) in [7, 11) is 0. The number of amides is 1. The molecule has 148 valence electrons. The Balaban J connectivity index is 0.00000192. The molecule has 1 N–H and O–H groups in total. The van der Waals surface area contributed by atoms with Gasteiger partial charge < -0.3 is 10.0 Å². The molecule has 1 amide bonds. The second-order valence-electron chi connectivity index (χ2n) is 8.20. The summed E-state index contributed by atoms with van der Waals surface area (Å²) >= 11 is 0. The van der Waals surface area contributed by atoms with Crippen molar-refractivity contribution >= 4 is 23.1 Å². The van der Waals surface area contributed by atoms with Crippen LogP contribution in [0.15, 0.2) is 48.5 Å². The van der Waals surface area contributed by atoms with Crippen LogP contribution < -0.4 is 0 Å². The highest BCUT2D eigenvalue weighted by Crippen LogP contribution is 2.44. The first-order valence-corrected chi connectivity index (χ1v) is 10.1. The predicted octanol–water partition coefficient (Wildman–Crippen LogP) is 4.70. The second-order valence-corrected chi connectivity index (χ2v) is 8.20. The summed E-state index contributed by atoms with van der Waals surface area (Å²) in [5.41, 5.74) is 4.98. The van der Waals surface area contributed by atoms with Crippen LogP contribution in [0.4, 0.5) is 4.79 Å². The van der Waals surface area contributed by atoms with Gasteiger partial charge in [-0.25, -0.2) is 4.79 Å². The first kappa shape index (κ1) is 19.5. The highest BCUT2D eigenvalue weighted by Gasteiger charge is 2.39. The van der Waals surface area contributed by atoms with Crippen molar-refractivity contribution in [1.82, 2.24) is 9.80 Å². The third-order valence-electron chi connectivity index (χ3n) is 6.88. The average Bonchev–Trinajstić information content (AvgIpc) is 2.73. The van der Waals surface area contributed by atoms with E-state index in [2.05, 4.69) is 47.4 Å². The topological polar surface area (TPSA) is 43.8 Å². The van der Waals surface area contributed by atoms with Gasteiger partial charge in [0.25, 0.3) is 0 Å². The molecule has 28 heavy (non-hydrogen) atoms. The molecular weight excluding hydrogens is 416 g/mol. The summed E-state index contributed by atoms with van der Waals surface area (Å²) in [5.74, 6) is 1.25. The monoisotopic (exact) mass is 442 g/mol. The van der Waals surface area contributed by atoms with E-state index in [1.807, 2.05) is 6.07 Å². The number of fused-ring (bicyclic) bond motifs is 4. The summed E-state index contributed by atoms with van der Waals surface area (Å²) in [4.78, 5) is 16.3. The minimum absolute atomic E-state index is 0. The number of hydrogen-bond donors (Lipinski definition) is 1. The van der Waals surface area contributed by atoms with Crippen molar-refractivity contribution in [3.8, 4) is 0 Å². The van der Waals surface area contributed by atoms with Crippen molar-refractivity contribution in [3.63, 3.8) is 0 Å². The number of hydrogen-bond acceptors (Lipinski definition) is 2. The lowest BCUT2D eigenvalue weighted by molar-refractivity contribution is 0.0857. The van der Waals surface area contributed by atoms with Crippen LogP contribution in [0.3, 0.4) is 0 Å². The fourth-order valence-corrected chi connectivity index (χ4v) is 5.52. The molecule has 0 saturated carbocycles. The molecule has 0 radical (unpaired) electrons. The molecule has 4 aliphatic heterocycles. The van der Waals surface area contributed by atoms with E-state index in [0.29, 0.717) is 12.5 Å². The molecule has 2 aromatic rings. The van der Waals surface area contributed by atoms with Crippen molar-refractivity contribution in [3.05, 3.63) is 70.8 Å². The number of rotatable bonds is 2. The third kappa shape index (κ3) is 3.25. The molecular formula is C23H27BrN2O2. The van der Waals surface area contributed by atoms with Crippen LogP contribution in [-0.4, -0.2) is 47.2 Å². The molecule has 2 aromatic carbocycles. The quantitative estimate of drug-likeness (QED) is 0.732. The number of halogens is 1. The zero-order valence-corrected chi connectivity index (χ0v) is 17.7. The van der Waals surface area contributed by atoms with E-state index in [1.165, 1.54) is 42.6 Å². The molecule has 4 aliphatic rings. The molecule has 4 heterocycles. The summed E-state index contributed by atoms with van der Waals surface area (Å²) in [5, 5.41) is 9.92. The number of piperidine rings is 3. The zero-order valence-electron chi connectivity index (χ0n) is 16.0. The number of carboxylic acid groups (broad SMARTS) is 1. The molecule has 2 bridgehead atoms. The predicted molar refractivity (Wildman–Crippen MR) is 115 cm³/mol. The van der Waals surface area contributed by atoms with Gasteiger partial charge in [0.2, 0.25) is 0 Å². The SMILES string of the molecule is Br.O=C(O)N1CCc2ccccc2[C@@H]1c1ccccc1C1CN2CCC1CC2. The van der Waals surface area contributed by atoms with Crippen molar-refractivity contribution in [2.24, 2.45) is 5.92 Å². The Morgan fingerprint density at radius 1 is 0.893 bits per heavy atom.